The zero-order valence-electron chi connectivity index (χ0n) is 16.4. The quantitative estimate of drug-likeness (QED) is 0.700. The Bertz CT molecular complexity index is 841. The molecule has 2 aromatic rings. The van der Waals surface area contributed by atoms with Crippen molar-refractivity contribution in [2.75, 3.05) is 6.61 Å². The number of carbonyl (C=O) groups excluding carboxylic acids is 2. The van der Waals surface area contributed by atoms with Crippen LogP contribution >= 0.6 is 0 Å². The zero-order valence-corrected chi connectivity index (χ0v) is 16.4. The van der Waals surface area contributed by atoms with Crippen LogP contribution in [0.1, 0.15) is 24.5 Å². The Morgan fingerprint density at radius 1 is 1.03 bits per heavy atom. The van der Waals surface area contributed by atoms with Crippen molar-refractivity contribution >= 4 is 12.1 Å². The van der Waals surface area contributed by atoms with Crippen molar-refractivity contribution in [3.63, 3.8) is 0 Å². The third-order valence-electron chi connectivity index (χ3n) is 5.73. The predicted octanol–water partition coefficient (Wildman–Crippen LogP) is 3.54. The minimum atomic E-state index is -0.698. The number of rotatable bonds is 6. The standard InChI is InChI=1S/C23H25NO5/c1-16-20-15-29-23(26)24(20)19(22(25)28-14-18-10-6-3-7-11-18)12-21(16)27-13-17-8-4-2-5-9-17/h2-11,16,19-21H,12-15H2,1H3/t16-,19+,20-,21+/m0/s1. The Morgan fingerprint density at radius 3 is 2.31 bits per heavy atom. The van der Waals surface area contributed by atoms with E-state index in [1.54, 1.807) is 4.90 Å². The van der Waals surface area contributed by atoms with Crippen molar-refractivity contribution in [3.8, 4) is 0 Å². The molecule has 2 aliphatic heterocycles. The first-order valence-electron chi connectivity index (χ1n) is 9.94. The molecule has 0 spiro atoms. The lowest BCUT2D eigenvalue weighted by atomic mass is 9.85. The van der Waals surface area contributed by atoms with Gasteiger partial charge in [-0.25, -0.2) is 9.59 Å². The van der Waals surface area contributed by atoms with Crippen LogP contribution in [0.25, 0.3) is 0 Å². The number of hydrogen-bond acceptors (Lipinski definition) is 5. The van der Waals surface area contributed by atoms with Crippen molar-refractivity contribution in [2.45, 2.75) is 44.7 Å². The van der Waals surface area contributed by atoms with Gasteiger partial charge < -0.3 is 14.2 Å². The summed E-state index contributed by atoms with van der Waals surface area (Å²) in [6.45, 7) is 2.95. The Labute approximate surface area is 170 Å². The summed E-state index contributed by atoms with van der Waals surface area (Å²) in [5.41, 5.74) is 1.98. The van der Waals surface area contributed by atoms with E-state index in [9.17, 15) is 9.59 Å². The molecular weight excluding hydrogens is 370 g/mol. The number of hydrogen-bond donors (Lipinski definition) is 0. The minimum absolute atomic E-state index is 0.0586. The third-order valence-corrected chi connectivity index (χ3v) is 5.73. The maximum atomic E-state index is 12.9. The molecule has 0 aromatic heterocycles. The molecule has 4 atom stereocenters. The highest BCUT2D eigenvalue weighted by molar-refractivity contribution is 5.83. The largest absolute Gasteiger partial charge is 0.459 e. The molecule has 152 valence electrons. The number of ether oxygens (including phenoxy) is 3. The first kappa shape index (κ1) is 19.5. The lowest BCUT2D eigenvalue weighted by Gasteiger charge is -2.42. The van der Waals surface area contributed by atoms with Crippen LogP contribution in [0, 0.1) is 5.92 Å². The summed E-state index contributed by atoms with van der Waals surface area (Å²) in [5.74, 6) is -0.360. The van der Waals surface area contributed by atoms with E-state index >= 15 is 0 Å². The first-order chi connectivity index (χ1) is 14.1. The van der Waals surface area contributed by atoms with Crippen molar-refractivity contribution in [2.24, 2.45) is 5.92 Å². The molecule has 0 radical (unpaired) electrons. The van der Waals surface area contributed by atoms with Gasteiger partial charge in [0.05, 0.1) is 18.8 Å². The fourth-order valence-electron chi connectivity index (χ4n) is 4.04. The highest BCUT2D eigenvalue weighted by Gasteiger charge is 2.51. The lowest BCUT2D eigenvalue weighted by molar-refractivity contribution is -0.157. The van der Waals surface area contributed by atoms with E-state index in [0.717, 1.165) is 11.1 Å². The molecule has 4 rings (SSSR count). The van der Waals surface area contributed by atoms with Gasteiger partial charge >= 0.3 is 12.1 Å². The van der Waals surface area contributed by atoms with Crippen molar-refractivity contribution in [3.05, 3.63) is 71.8 Å². The number of cyclic esters (lactones) is 1. The smallest absolute Gasteiger partial charge is 0.410 e. The van der Waals surface area contributed by atoms with Gasteiger partial charge in [0.25, 0.3) is 0 Å². The molecule has 0 aliphatic carbocycles. The van der Waals surface area contributed by atoms with E-state index in [2.05, 4.69) is 0 Å². The molecule has 2 fully saturated rings. The van der Waals surface area contributed by atoms with Crippen molar-refractivity contribution in [1.82, 2.24) is 4.90 Å². The van der Waals surface area contributed by atoms with Crippen LogP contribution < -0.4 is 0 Å². The second-order valence-electron chi connectivity index (χ2n) is 7.59. The Balaban J connectivity index is 1.45. The lowest BCUT2D eigenvalue weighted by Crippen LogP contribution is -2.58. The molecule has 2 aliphatic rings. The Hall–Kier alpha value is -2.86. The van der Waals surface area contributed by atoms with Crippen LogP contribution in [0.4, 0.5) is 4.79 Å². The normalized spacial score (nSPS) is 26.0. The second kappa shape index (κ2) is 8.66. The third kappa shape index (κ3) is 4.27. The van der Waals surface area contributed by atoms with Gasteiger partial charge in [-0.05, 0) is 11.1 Å². The monoisotopic (exact) mass is 395 g/mol. The molecule has 29 heavy (non-hydrogen) atoms. The molecule has 2 saturated heterocycles. The van der Waals surface area contributed by atoms with E-state index in [-0.39, 0.29) is 31.3 Å². The van der Waals surface area contributed by atoms with Gasteiger partial charge in [0, 0.05) is 12.3 Å². The highest BCUT2D eigenvalue weighted by Crippen LogP contribution is 2.35. The van der Waals surface area contributed by atoms with Crippen molar-refractivity contribution in [1.29, 1.82) is 0 Å². The van der Waals surface area contributed by atoms with Gasteiger partial charge in [-0.3, -0.25) is 4.90 Å². The summed E-state index contributed by atoms with van der Waals surface area (Å²) in [7, 11) is 0. The summed E-state index contributed by atoms with van der Waals surface area (Å²) in [5, 5.41) is 0. The molecule has 6 heteroatoms. The van der Waals surface area contributed by atoms with E-state index in [1.165, 1.54) is 0 Å². The average Bonchev–Trinajstić information content (AvgIpc) is 3.15. The molecule has 0 N–H and O–H groups in total. The highest BCUT2D eigenvalue weighted by atomic mass is 16.6. The number of fused-ring (bicyclic) bond motifs is 1. The summed E-state index contributed by atoms with van der Waals surface area (Å²) < 4.78 is 16.9. The van der Waals surface area contributed by atoms with Crippen LogP contribution in [-0.4, -0.2) is 41.8 Å². The van der Waals surface area contributed by atoms with E-state index in [0.29, 0.717) is 13.0 Å². The fraction of sp³-hybridized carbons (Fsp3) is 0.391. The molecular formula is C23H25NO5. The number of piperidine rings is 1. The van der Waals surface area contributed by atoms with Gasteiger partial charge in [0.15, 0.2) is 0 Å². The number of amides is 1. The molecule has 0 unspecified atom stereocenters. The first-order valence-corrected chi connectivity index (χ1v) is 9.94. The number of benzene rings is 2. The average molecular weight is 395 g/mol. The van der Waals surface area contributed by atoms with Crippen LogP contribution in [-0.2, 0) is 32.2 Å². The Morgan fingerprint density at radius 2 is 1.66 bits per heavy atom. The molecule has 2 heterocycles. The van der Waals surface area contributed by atoms with Gasteiger partial charge in [-0.15, -0.1) is 0 Å². The van der Waals surface area contributed by atoms with E-state index < -0.39 is 18.1 Å². The predicted molar refractivity (Wildman–Crippen MR) is 106 cm³/mol. The number of esters is 1. The van der Waals surface area contributed by atoms with Gasteiger partial charge in [-0.1, -0.05) is 67.6 Å². The molecule has 0 saturated carbocycles. The van der Waals surface area contributed by atoms with Crippen LogP contribution in [0.15, 0.2) is 60.7 Å². The maximum absolute atomic E-state index is 12.9. The van der Waals surface area contributed by atoms with Crippen LogP contribution in [0.2, 0.25) is 0 Å². The van der Waals surface area contributed by atoms with Crippen molar-refractivity contribution < 1.29 is 23.8 Å². The van der Waals surface area contributed by atoms with Crippen LogP contribution in [0.3, 0.4) is 0 Å². The van der Waals surface area contributed by atoms with Gasteiger partial charge in [0.2, 0.25) is 0 Å². The summed E-state index contributed by atoms with van der Waals surface area (Å²) >= 11 is 0. The SMILES string of the molecule is C[C@@H]1[C@H](OCc2ccccc2)C[C@H](C(=O)OCc2ccccc2)N2C(=O)OC[C@@H]12. The molecule has 0 bridgehead atoms. The molecule has 2 aromatic carbocycles. The summed E-state index contributed by atoms with van der Waals surface area (Å²) in [6.07, 6.45) is -0.224. The fourth-order valence-corrected chi connectivity index (χ4v) is 4.04. The van der Waals surface area contributed by atoms with Gasteiger partial charge in [-0.2, -0.15) is 0 Å². The summed E-state index contributed by atoms with van der Waals surface area (Å²) in [6, 6.07) is 18.5. The summed E-state index contributed by atoms with van der Waals surface area (Å²) in [4.78, 5) is 26.7. The Kier molecular flexibility index (Phi) is 5.81. The van der Waals surface area contributed by atoms with Crippen LogP contribution in [0.5, 0.6) is 0 Å². The zero-order chi connectivity index (χ0) is 20.2. The van der Waals surface area contributed by atoms with Gasteiger partial charge in [0.1, 0.15) is 19.3 Å². The minimum Gasteiger partial charge on any atom is -0.459 e. The number of carbonyl (C=O) groups is 2. The van der Waals surface area contributed by atoms with E-state index in [1.807, 2.05) is 67.6 Å². The van der Waals surface area contributed by atoms with E-state index in [4.69, 9.17) is 14.2 Å². The number of nitrogens with zero attached hydrogens (tertiary/aromatic N) is 1. The molecule has 6 nitrogen and oxygen atoms in total. The molecule has 1 amide bonds. The topological polar surface area (TPSA) is 65.1 Å². The maximum Gasteiger partial charge on any atom is 0.410 e. The second-order valence-corrected chi connectivity index (χ2v) is 7.59.